The molecule has 0 amide bonds. The fourth-order valence-electron chi connectivity index (χ4n) is 0.534. The maximum Gasteiger partial charge on any atom is 0.338 e. The summed E-state index contributed by atoms with van der Waals surface area (Å²) in [6.45, 7) is 4.73. The van der Waals surface area contributed by atoms with Crippen molar-refractivity contribution in [2.75, 3.05) is 13.0 Å². The standard InChI is InChI=1S/C6H16O5P2/c1-4-11-5-12(7)6(2,3)13(8,9)10/h12H,4-5H2,1-3H3,(H2,8,9,10). The van der Waals surface area contributed by atoms with Crippen LogP contribution in [0.15, 0.2) is 0 Å². The van der Waals surface area contributed by atoms with Gasteiger partial charge in [0, 0.05) is 6.61 Å². The number of hydrogen-bond donors (Lipinski definition) is 2. The molecule has 7 heteroatoms. The summed E-state index contributed by atoms with van der Waals surface area (Å²) in [6.07, 6.45) is -0.0702. The summed E-state index contributed by atoms with van der Waals surface area (Å²) in [5.41, 5.74) is 0. The summed E-state index contributed by atoms with van der Waals surface area (Å²) < 4.78 is 27.2. The van der Waals surface area contributed by atoms with Crippen LogP contribution in [0.2, 0.25) is 0 Å². The molecule has 0 rings (SSSR count). The van der Waals surface area contributed by atoms with Crippen LogP contribution < -0.4 is 0 Å². The molecule has 0 bridgehead atoms. The topological polar surface area (TPSA) is 83.8 Å². The average Bonchev–Trinajstić information content (AvgIpc) is 1.97. The minimum absolute atomic E-state index is 0.0702. The van der Waals surface area contributed by atoms with E-state index in [4.69, 9.17) is 14.5 Å². The molecule has 0 saturated heterocycles. The Hall–Kier alpha value is 0.340. The van der Waals surface area contributed by atoms with Gasteiger partial charge in [-0.25, -0.2) is 0 Å². The van der Waals surface area contributed by atoms with Gasteiger partial charge in [-0.3, -0.25) is 4.57 Å². The van der Waals surface area contributed by atoms with Crippen LogP contribution >= 0.6 is 15.4 Å². The van der Waals surface area contributed by atoms with Gasteiger partial charge in [0.1, 0.15) is 12.7 Å². The van der Waals surface area contributed by atoms with Crippen LogP contribution in [0.1, 0.15) is 20.8 Å². The Labute approximate surface area is 78.4 Å². The Bertz CT molecular complexity index is 231. The molecule has 80 valence electrons. The quantitative estimate of drug-likeness (QED) is 0.698. The van der Waals surface area contributed by atoms with E-state index in [0.29, 0.717) is 6.61 Å². The van der Waals surface area contributed by atoms with E-state index >= 15 is 0 Å². The van der Waals surface area contributed by atoms with Crippen molar-refractivity contribution in [1.82, 2.24) is 0 Å². The minimum atomic E-state index is -4.31. The van der Waals surface area contributed by atoms with Crippen LogP contribution in [-0.2, 0) is 13.9 Å². The van der Waals surface area contributed by atoms with E-state index in [1.807, 2.05) is 0 Å². The zero-order valence-electron chi connectivity index (χ0n) is 7.98. The largest absolute Gasteiger partial charge is 0.374 e. The van der Waals surface area contributed by atoms with Crippen molar-refractivity contribution in [2.45, 2.75) is 25.7 Å². The Balaban J connectivity index is 4.47. The molecule has 1 unspecified atom stereocenters. The van der Waals surface area contributed by atoms with Gasteiger partial charge in [0.15, 0.2) is 0 Å². The molecule has 0 saturated carbocycles. The molecule has 2 N–H and O–H groups in total. The number of rotatable bonds is 5. The van der Waals surface area contributed by atoms with E-state index in [0.717, 1.165) is 0 Å². The molecule has 0 radical (unpaired) electrons. The van der Waals surface area contributed by atoms with Crippen LogP contribution in [0, 0.1) is 0 Å². The maximum atomic E-state index is 11.4. The van der Waals surface area contributed by atoms with Crippen molar-refractivity contribution in [3.05, 3.63) is 0 Å². The van der Waals surface area contributed by atoms with Crippen molar-refractivity contribution in [2.24, 2.45) is 0 Å². The van der Waals surface area contributed by atoms with E-state index in [1.165, 1.54) is 13.8 Å². The molecule has 1 atom stereocenters. The lowest BCUT2D eigenvalue weighted by Gasteiger charge is -2.24. The van der Waals surface area contributed by atoms with E-state index < -0.39 is 20.3 Å². The van der Waals surface area contributed by atoms with Gasteiger partial charge in [-0.2, -0.15) is 0 Å². The molecule has 0 aromatic heterocycles. The molecule has 13 heavy (non-hydrogen) atoms. The highest BCUT2D eigenvalue weighted by Crippen LogP contribution is 2.62. The van der Waals surface area contributed by atoms with Crippen molar-refractivity contribution < 1.29 is 23.7 Å². The van der Waals surface area contributed by atoms with Gasteiger partial charge in [-0.1, -0.05) is 0 Å². The molecule has 0 aromatic rings. The second-order valence-electron chi connectivity index (χ2n) is 3.16. The van der Waals surface area contributed by atoms with Gasteiger partial charge in [0.05, 0.1) is 6.35 Å². The first-order chi connectivity index (χ1) is 5.73. The van der Waals surface area contributed by atoms with Crippen LogP contribution in [0.3, 0.4) is 0 Å². The average molecular weight is 230 g/mol. The van der Waals surface area contributed by atoms with Crippen LogP contribution in [-0.4, -0.2) is 27.6 Å². The number of ether oxygens (including phenoxy) is 1. The van der Waals surface area contributed by atoms with Crippen molar-refractivity contribution in [3.8, 4) is 0 Å². The normalized spacial score (nSPS) is 15.8. The fraction of sp³-hybridized carbons (Fsp3) is 1.00. The highest BCUT2D eigenvalue weighted by molar-refractivity contribution is 7.69. The molecule has 0 aliphatic rings. The summed E-state index contributed by atoms with van der Waals surface area (Å²) in [7, 11) is -6.73. The second kappa shape index (κ2) is 4.72. The Morgan fingerprint density at radius 1 is 1.46 bits per heavy atom. The van der Waals surface area contributed by atoms with Gasteiger partial charge < -0.3 is 19.1 Å². The molecule has 0 aromatic carbocycles. The predicted octanol–water partition coefficient (Wildman–Crippen LogP) is 1.45. The third kappa shape index (κ3) is 3.53. The lowest BCUT2D eigenvalue weighted by atomic mass is 10.5. The van der Waals surface area contributed by atoms with Gasteiger partial charge >= 0.3 is 7.60 Å². The summed E-state index contributed by atoms with van der Waals surface area (Å²) >= 11 is 0. The molecule has 0 spiro atoms. The maximum absolute atomic E-state index is 11.4. The van der Waals surface area contributed by atoms with E-state index in [1.54, 1.807) is 6.92 Å². The van der Waals surface area contributed by atoms with Gasteiger partial charge in [0.2, 0.25) is 0 Å². The van der Waals surface area contributed by atoms with E-state index in [9.17, 15) is 9.13 Å². The third-order valence-electron chi connectivity index (χ3n) is 1.85. The first-order valence-corrected chi connectivity index (χ1v) is 7.13. The van der Waals surface area contributed by atoms with Crippen LogP contribution in [0.4, 0.5) is 0 Å². The van der Waals surface area contributed by atoms with Crippen molar-refractivity contribution >= 4 is 15.4 Å². The highest BCUT2D eigenvalue weighted by atomic mass is 31.2. The Kier molecular flexibility index (Phi) is 4.84. The highest BCUT2D eigenvalue weighted by Gasteiger charge is 2.42. The molecule has 0 aliphatic heterocycles. The summed E-state index contributed by atoms with van der Waals surface area (Å²) in [4.78, 5) is 16.3. The fourth-order valence-corrected chi connectivity index (χ4v) is 2.77. The second-order valence-corrected chi connectivity index (χ2v) is 8.18. The van der Waals surface area contributed by atoms with Crippen molar-refractivity contribution in [1.29, 1.82) is 0 Å². The molecular weight excluding hydrogens is 214 g/mol. The smallest absolute Gasteiger partial charge is 0.338 e. The Morgan fingerprint density at radius 2 is 1.92 bits per heavy atom. The molecule has 0 fully saturated rings. The Morgan fingerprint density at radius 3 is 2.23 bits per heavy atom. The first-order valence-electron chi connectivity index (χ1n) is 3.90. The summed E-state index contributed by atoms with van der Waals surface area (Å²) in [5.74, 6) is 0. The molecular formula is C6H16O5P2. The van der Waals surface area contributed by atoms with Crippen LogP contribution in [0.5, 0.6) is 0 Å². The van der Waals surface area contributed by atoms with E-state index in [2.05, 4.69) is 0 Å². The molecule has 5 nitrogen and oxygen atoms in total. The summed E-state index contributed by atoms with van der Waals surface area (Å²) in [5, 5.41) is 0. The zero-order chi connectivity index (χ0) is 10.7. The van der Waals surface area contributed by atoms with Crippen molar-refractivity contribution in [3.63, 3.8) is 0 Å². The van der Waals surface area contributed by atoms with Crippen LogP contribution in [0.25, 0.3) is 0 Å². The third-order valence-corrected chi connectivity index (χ3v) is 6.76. The molecule has 0 heterocycles. The van der Waals surface area contributed by atoms with Gasteiger partial charge in [-0.05, 0) is 20.8 Å². The lowest BCUT2D eigenvalue weighted by molar-refractivity contribution is 0.192. The van der Waals surface area contributed by atoms with E-state index in [-0.39, 0.29) is 6.35 Å². The first kappa shape index (κ1) is 13.3. The van der Waals surface area contributed by atoms with Gasteiger partial charge in [0.25, 0.3) is 0 Å². The monoisotopic (exact) mass is 230 g/mol. The zero-order valence-corrected chi connectivity index (χ0v) is 9.88. The SMILES string of the molecule is CCOC[PH](=O)C(C)(C)P(=O)(O)O. The van der Waals surface area contributed by atoms with Gasteiger partial charge in [-0.15, -0.1) is 0 Å². The predicted molar refractivity (Wildman–Crippen MR) is 51.6 cm³/mol. The lowest BCUT2D eigenvalue weighted by Crippen LogP contribution is -2.16. The number of hydrogen-bond acceptors (Lipinski definition) is 3. The molecule has 0 aliphatic carbocycles. The summed E-state index contributed by atoms with van der Waals surface area (Å²) in [6, 6.07) is 0. The minimum Gasteiger partial charge on any atom is -0.374 e.